The van der Waals surface area contributed by atoms with Crippen LogP contribution in [0.25, 0.3) is 15.7 Å². The Labute approximate surface area is 228 Å². The van der Waals surface area contributed by atoms with E-state index in [1.807, 2.05) is 11.3 Å². The van der Waals surface area contributed by atoms with Crippen molar-refractivity contribution >= 4 is 38.9 Å². The highest BCUT2D eigenvalue weighted by Gasteiger charge is 2.30. The molecule has 1 fully saturated rings. The summed E-state index contributed by atoms with van der Waals surface area (Å²) >= 11 is 1.85. The van der Waals surface area contributed by atoms with Crippen molar-refractivity contribution in [2.24, 2.45) is 5.92 Å². The largest absolute Gasteiger partial charge is 0.473 e. The van der Waals surface area contributed by atoms with Crippen LogP contribution in [-0.4, -0.2) is 57.9 Å². The van der Waals surface area contributed by atoms with E-state index in [2.05, 4.69) is 71.0 Å². The fraction of sp³-hybridized carbons (Fsp3) is 0.419. The van der Waals surface area contributed by atoms with E-state index in [-0.39, 0.29) is 12.0 Å². The normalized spacial score (nSPS) is 18.2. The van der Waals surface area contributed by atoms with Crippen LogP contribution in [0.1, 0.15) is 62.0 Å². The van der Waals surface area contributed by atoms with E-state index >= 15 is 0 Å². The summed E-state index contributed by atoms with van der Waals surface area (Å²) < 4.78 is 1.42. The predicted molar refractivity (Wildman–Crippen MR) is 153 cm³/mol. The second-order valence-corrected chi connectivity index (χ2v) is 11.1. The molecule has 2 unspecified atom stereocenters. The predicted octanol–water partition coefficient (Wildman–Crippen LogP) is 6.26. The van der Waals surface area contributed by atoms with Crippen LogP contribution in [-0.2, 0) is 9.59 Å². The van der Waals surface area contributed by atoms with Crippen LogP contribution in [0.2, 0.25) is 0 Å². The Bertz CT molecular complexity index is 1220. The Kier molecular flexibility index (Phi) is 10.1. The van der Waals surface area contributed by atoms with E-state index in [1.165, 1.54) is 58.9 Å². The molecule has 0 bridgehead atoms. The number of fused-ring (bicyclic) bond motifs is 1. The zero-order valence-corrected chi connectivity index (χ0v) is 22.5. The standard InChI is InChI=1S/C29H35NOS.C2H2O4/c31-28(24-10-5-2-6-11-24)26(22-8-3-1-4-9-22)16-20-30-18-14-23(15-19-30)27-13-7-12-25-17-21-32-29(25)27;3-1(4)2(5)6/h1,3-4,7-9,12-14,17,21,24,26,28,31H,2,5-6,10-11,15-16,18-20H2;(H,3,4)(H,5,6). The minimum Gasteiger partial charge on any atom is -0.473 e. The van der Waals surface area contributed by atoms with Crippen molar-refractivity contribution in [2.75, 3.05) is 19.6 Å². The number of thiophene rings is 1. The number of hydrogen-bond acceptors (Lipinski definition) is 5. The van der Waals surface area contributed by atoms with Gasteiger partial charge in [-0.2, -0.15) is 0 Å². The average molecular weight is 536 g/mol. The Morgan fingerprint density at radius 2 is 1.68 bits per heavy atom. The van der Waals surface area contributed by atoms with Crippen LogP contribution in [0.4, 0.5) is 0 Å². The molecule has 2 heterocycles. The van der Waals surface area contributed by atoms with Crippen LogP contribution in [0.3, 0.4) is 0 Å². The summed E-state index contributed by atoms with van der Waals surface area (Å²) in [5.41, 5.74) is 4.23. The Balaban J connectivity index is 0.000000505. The van der Waals surface area contributed by atoms with Gasteiger partial charge in [0.1, 0.15) is 0 Å². The topological polar surface area (TPSA) is 98.1 Å². The second kappa shape index (κ2) is 13.7. The number of rotatable bonds is 7. The van der Waals surface area contributed by atoms with Gasteiger partial charge < -0.3 is 15.3 Å². The van der Waals surface area contributed by atoms with E-state index in [0.717, 1.165) is 32.5 Å². The van der Waals surface area contributed by atoms with Crippen molar-refractivity contribution in [1.29, 1.82) is 0 Å². The lowest BCUT2D eigenvalue weighted by Crippen LogP contribution is -2.34. The number of aliphatic hydroxyl groups is 1. The van der Waals surface area contributed by atoms with Gasteiger partial charge in [0.2, 0.25) is 0 Å². The summed E-state index contributed by atoms with van der Waals surface area (Å²) in [4.78, 5) is 20.8. The maximum Gasteiger partial charge on any atom is 0.414 e. The average Bonchev–Trinajstić information content (AvgIpc) is 3.44. The van der Waals surface area contributed by atoms with Gasteiger partial charge in [0.15, 0.2) is 0 Å². The molecule has 1 aromatic heterocycles. The highest BCUT2D eigenvalue weighted by molar-refractivity contribution is 7.17. The van der Waals surface area contributed by atoms with Gasteiger partial charge in [0.25, 0.3) is 0 Å². The van der Waals surface area contributed by atoms with Crippen molar-refractivity contribution < 1.29 is 24.9 Å². The fourth-order valence-electron chi connectivity index (χ4n) is 5.77. The highest BCUT2D eigenvalue weighted by Crippen LogP contribution is 2.36. The summed E-state index contributed by atoms with van der Waals surface area (Å²) in [7, 11) is 0. The Morgan fingerprint density at radius 1 is 0.947 bits per heavy atom. The van der Waals surface area contributed by atoms with Crippen molar-refractivity contribution in [3.8, 4) is 0 Å². The molecule has 1 saturated carbocycles. The summed E-state index contributed by atoms with van der Waals surface area (Å²) in [6.07, 6.45) is 10.6. The third-order valence-electron chi connectivity index (χ3n) is 7.83. The zero-order valence-electron chi connectivity index (χ0n) is 21.7. The van der Waals surface area contributed by atoms with Crippen molar-refractivity contribution in [2.45, 2.75) is 57.0 Å². The second-order valence-electron chi connectivity index (χ2n) is 10.2. The molecule has 0 spiro atoms. The van der Waals surface area contributed by atoms with Gasteiger partial charge in [0, 0.05) is 23.7 Å². The first-order valence-electron chi connectivity index (χ1n) is 13.5. The number of aliphatic hydroxyl groups excluding tert-OH is 1. The molecule has 3 aromatic rings. The van der Waals surface area contributed by atoms with E-state index in [1.54, 1.807) is 0 Å². The minimum atomic E-state index is -1.82. The van der Waals surface area contributed by atoms with Crippen molar-refractivity contribution in [1.82, 2.24) is 4.90 Å². The molecule has 6 nitrogen and oxygen atoms in total. The third kappa shape index (κ3) is 7.31. The molecule has 5 rings (SSSR count). The van der Waals surface area contributed by atoms with E-state index in [0.29, 0.717) is 5.92 Å². The third-order valence-corrected chi connectivity index (χ3v) is 8.79. The Hall–Kier alpha value is -3.00. The maximum absolute atomic E-state index is 11.4. The van der Waals surface area contributed by atoms with E-state index in [9.17, 15) is 5.11 Å². The van der Waals surface area contributed by atoms with Gasteiger partial charge in [-0.15, -0.1) is 11.3 Å². The van der Waals surface area contributed by atoms with Gasteiger partial charge in [-0.3, -0.25) is 4.90 Å². The molecular weight excluding hydrogens is 498 g/mol. The number of carbonyl (C=O) groups is 2. The number of aliphatic carboxylic acids is 2. The molecule has 3 N–H and O–H groups in total. The summed E-state index contributed by atoms with van der Waals surface area (Å²) in [6.45, 7) is 3.17. The first-order chi connectivity index (χ1) is 18.4. The number of nitrogens with zero attached hydrogens (tertiary/aromatic N) is 1. The summed E-state index contributed by atoms with van der Waals surface area (Å²) in [5.74, 6) is -2.94. The van der Waals surface area contributed by atoms with E-state index in [4.69, 9.17) is 19.8 Å². The van der Waals surface area contributed by atoms with Crippen LogP contribution in [0.15, 0.2) is 66.1 Å². The smallest absolute Gasteiger partial charge is 0.414 e. The first-order valence-corrected chi connectivity index (χ1v) is 14.4. The number of carboxylic acids is 2. The molecule has 0 saturated heterocycles. The van der Waals surface area contributed by atoms with Gasteiger partial charge in [-0.25, -0.2) is 9.59 Å². The molecule has 0 amide bonds. The molecule has 1 aliphatic heterocycles. The van der Waals surface area contributed by atoms with Gasteiger partial charge in [0.05, 0.1) is 6.10 Å². The molecule has 2 atom stereocenters. The highest BCUT2D eigenvalue weighted by atomic mass is 32.1. The molecule has 2 aromatic carbocycles. The van der Waals surface area contributed by atoms with Gasteiger partial charge >= 0.3 is 11.9 Å². The zero-order chi connectivity index (χ0) is 26.9. The first kappa shape index (κ1) is 28.0. The lowest BCUT2D eigenvalue weighted by atomic mass is 9.77. The maximum atomic E-state index is 11.4. The molecular formula is C31H37NO5S. The molecule has 7 heteroatoms. The summed E-state index contributed by atoms with van der Waals surface area (Å²) in [6, 6.07) is 19.7. The monoisotopic (exact) mass is 535 g/mol. The molecule has 2 aliphatic rings. The number of benzene rings is 2. The molecule has 202 valence electrons. The molecule has 1 aliphatic carbocycles. The molecule has 0 radical (unpaired) electrons. The minimum absolute atomic E-state index is 0.218. The van der Waals surface area contributed by atoms with Crippen LogP contribution < -0.4 is 0 Å². The van der Waals surface area contributed by atoms with Crippen molar-refractivity contribution in [3.05, 3.63) is 77.2 Å². The number of hydrogen-bond donors (Lipinski definition) is 3. The van der Waals surface area contributed by atoms with Crippen LogP contribution >= 0.6 is 11.3 Å². The van der Waals surface area contributed by atoms with Crippen LogP contribution in [0.5, 0.6) is 0 Å². The lowest BCUT2D eigenvalue weighted by molar-refractivity contribution is -0.159. The van der Waals surface area contributed by atoms with Crippen molar-refractivity contribution in [3.63, 3.8) is 0 Å². The quantitative estimate of drug-likeness (QED) is 0.309. The van der Waals surface area contributed by atoms with Crippen LogP contribution in [0, 0.1) is 5.92 Å². The Morgan fingerprint density at radius 3 is 2.34 bits per heavy atom. The molecule has 38 heavy (non-hydrogen) atoms. The van der Waals surface area contributed by atoms with E-state index < -0.39 is 11.9 Å². The SMILES string of the molecule is O=C(O)C(=O)O.OC(C1CCCCC1)C(CCN1CC=C(c2cccc3ccsc23)CC1)c1ccccc1. The number of carboxylic acid groups (broad SMARTS) is 2. The lowest BCUT2D eigenvalue weighted by Gasteiger charge is -2.34. The fourth-order valence-corrected chi connectivity index (χ4v) is 6.71. The van der Waals surface area contributed by atoms with Gasteiger partial charge in [-0.05, 0) is 71.7 Å². The summed E-state index contributed by atoms with van der Waals surface area (Å²) in [5, 5.41) is 29.7. The van der Waals surface area contributed by atoms with Gasteiger partial charge in [-0.1, -0.05) is 73.9 Å².